The van der Waals surface area contributed by atoms with Crippen LogP contribution in [0.2, 0.25) is 5.02 Å². The number of rotatable bonds is 5. The van der Waals surface area contributed by atoms with Crippen LogP contribution in [-0.2, 0) is 16.1 Å². The number of likely N-dealkylation sites (N-methyl/N-ethyl adjacent to an activating group) is 1. The lowest BCUT2D eigenvalue weighted by Gasteiger charge is -2.44. The molecule has 0 bridgehead atoms. The molecule has 2 aliphatic rings. The standard InChI is InChI=1S/C25H27ClN2O3S/c1-28-21-13-18(24(29)27-15-16-7-10-19(31-2)11-8-16)9-12-22(21)32-23(25(28)30)14-17-5-3-4-6-20(17)26/h3-8,10-11,14,18,21-22H,9,12-13,15H2,1-2H3,(H,27,29)/b23-14-. The quantitative estimate of drug-likeness (QED) is 0.641. The lowest BCUT2D eigenvalue weighted by atomic mass is 9.83. The van der Waals surface area contributed by atoms with E-state index in [1.165, 1.54) is 0 Å². The van der Waals surface area contributed by atoms with Gasteiger partial charge in [-0.3, -0.25) is 9.59 Å². The molecule has 1 saturated carbocycles. The van der Waals surface area contributed by atoms with Crippen LogP contribution in [0.5, 0.6) is 5.75 Å². The number of amides is 2. The summed E-state index contributed by atoms with van der Waals surface area (Å²) in [5, 5.41) is 3.98. The van der Waals surface area contributed by atoms with Crippen molar-refractivity contribution in [3.63, 3.8) is 0 Å². The average Bonchev–Trinajstić information content (AvgIpc) is 2.82. The molecule has 1 saturated heterocycles. The van der Waals surface area contributed by atoms with Gasteiger partial charge < -0.3 is 15.0 Å². The van der Waals surface area contributed by atoms with Crippen molar-refractivity contribution in [3.05, 3.63) is 69.6 Å². The molecule has 3 unspecified atom stereocenters. The molecule has 32 heavy (non-hydrogen) atoms. The van der Waals surface area contributed by atoms with Gasteiger partial charge in [0.05, 0.1) is 12.0 Å². The van der Waals surface area contributed by atoms with E-state index < -0.39 is 0 Å². The summed E-state index contributed by atoms with van der Waals surface area (Å²) in [6, 6.07) is 15.3. The number of carbonyl (C=O) groups excluding carboxylic acids is 2. The molecule has 2 aromatic carbocycles. The molecule has 5 nitrogen and oxygen atoms in total. The maximum Gasteiger partial charge on any atom is 0.260 e. The molecule has 1 aliphatic carbocycles. The lowest BCUT2D eigenvalue weighted by molar-refractivity contribution is -0.132. The zero-order chi connectivity index (χ0) is 22.7. The van der Waals surface area contributed by atoms with Gasteiger partial charge in [-0.2, -0.15) is 0 Å². The number of thioether (sulfide) groups is 1. The van der Waals surface area contributed by atoms with Crippen molar-refractivity contribution >= 4 is 41.3 Å². The highest BCUT2D eigenvalue weighted by molar-refractivity contribution is 8.04. The number of fused-ring (bicyclic) bond motifs is 1. The summed E-state index contributed by atoms with van der Waals surface area (Å²) >= 11 is 7.90. The number of nitrogens with zero attached hydrogens (tertiary/aromatic N) is 1. The number of carbonyl (C=O) groups is 2. The van der Waals surface area contributed by atoms with Gasteiger partial charge in [0.15, 0.2) is 0 Å². The number of hydrogen-bond donors (Lipinski definition) is 1. The van der Waals surface area contributed by atoms with Gasteiger partial charge in [0, 0.05) is 35.8 Å². The van der Waals surface area contributed by atoms with Crippen LogP contribution < -0.4 is 10.1 Å². The van der Waals surface area contributed by atoms with Gasteiger partial charge in [-0.15, -0.1) is 11.8 Å². The third-order valence-electron chi connectivity index (χ3n) is 6.25. The third-order valence-corrected chi connectivity index (χ3v) is 7.99. The number of benzene rings is 2. The Morgan fingerprint density at radius 1 is 1.22 bits per heavy atom. The second-order valence-corrected chi connectivity index (χ2v) is 9.93. The van der Waals surface area contributed by atoms with Crippen LogP contribution in [0.15, 0.2) is 53.4 Å². The van der Waals surface area contributed by atoms with E-state index in [2.05, 4.69) is 5.32 Å². The SMILES string of the molecule is COc1ccc(CNC(=O)C2CCC3S/C(=C\c4ccccc4Cl)C(=O)N(C)C3C2)cc1. The van der Waals surface area contributed by atoms with Crippen LogP contribution in [-0.4, -0.2) is 42.2 Å². The zero-order valence-electron chi connectivity index (χ0n) is 18.2. The first kappa shape index (κ1) is 22.7. The van der Waals surface area contributed by atoms with Crippen LogP contribution in [0, 0.1) is 5.92 Å². The highest BCUT2D eigenvalue weighted by atomic mass is 35.5. The molecule has 3 atom stereocenters. The van der Waals surface area contributed by atoms with Crippen LogP contribution >= 0.6 is 23.4 Å². The summed E-state index contributed by atoms with van der Waals surface area (Å²) in [6.45, 7) is 0.488. The monoisotopic (exact) mass is 470 g/mol. The largest absolute Gasteiger partial charge is 0.497 e. The lowest BCUT2D eigenvalue weighted by Crippen LogP contribution is -2.52. The van der Waals surface area contributed by atoms with Gasteiger partial charge in [0.1, 0.15) is 5.75 Å². The van der Waals surface area contributed by atoms with Crippen molar-refractivity contribution < 1.29 is 14.3 Å². The van der Waals surface area contributed by atoms with Crippen LogP contribution in [0.3, 0.4) is 0 Å². The van der Waals surface area contributed by atoms with Gasteiger partial charge >= 0.3 is 0 Å². The highest BCUT2D eigenvalue weighted by Gasteiger charge is 2.42. The summed E-state index contributed by atoms with van der Waals surface area (Å²) in [5.41, 5.74) is 1.88. The molecule has 0 radical (unpaired) electrons. The van der Waals surface area contributed by atoms with Gasteiger partial charge in [-0.1, -0.05) is 41.9 Å². The van der Waals surface area contributed by atoms with Crippen molar-refractivity contribution in [2.24, 2.45) is 5.92 Å². The van der Waals surface area contributed by atoms with Crippen molar-refractivity contribution in [2.45, 2.75) is 37.1 Å². The Kier molecular flexibility index (Phi) is 7.11. The number of hydrogen-bond acceptors (Lipinski definition) is 4. The fourth-order valence-corrected chi connectivity index (χ4v) is 6.01. The minimum absolute atomic E-state index is 0.00420. The molecule has 4 rings (SSSR count). The average molecular weight is 471 g/mol. The van der Waals surface area contributed by atoms with E-state index in [-0.39, 0.29) is 29.0 Å². The number of ether oxygens (including phenoxy) is 1. The number of methoxy groups -OCH3 is 1. The molecule has 1 N–H and O–H groups in total. The predicted molar refractivity (Wildman–Crippen MR) is 130 cm³/mol. The first-order valence-electron chi connectivity index (χ1n) is 10.8. The maximum atomic E-state index is 13.0. The van der Waals surface area contributed by atoms with E-state index >= 15 is 0 Å². The van der Waals surface area contributed by atoms with Crippen LogP contribution in [0.1, 0.15) is 30.4 Å². The van der Waals surface area contributed by atoms with Crippen molar-refractivity contribution in [3.8, 4) is 5.75 Å². The number of halogens is 1. The zero-order valence-corrected chi connectivity index (χ0v) is 19.8. The molecule has 2 amide bonds. The summed E-state index contributed by atoms with van der Waals surface area (Å²) in [6.07, 6.45) is 4.29. The summed E-state index contributed by atoms with van der Waals surface area (Å²) in [7, 11) is 3.48. The normalized spacial score (nSPS) is 24.2. The Bertz CT molecular complexity index is 1020. The molecule has 1 heterocycles. The molecule has 0 spiro atoms. The minimum atomic E-state index is -0.0838. The van der Waals surface area contributed by atoms with Gasteiger partial charge in [0.25, 0.3) is 5.91 Å². The molecule has 1 aliphatic heterocycles. The Hall–Kier alpha value is -2.44. The minimum Gasteiger partial charge on any atom is -0.497 e. The van der Waals surface area contributed by atoms with E-state index in [1.54, 1.807) is 18.9 Å². The van der Waals surface area contributed by atoms with Gasteiger partial charge in [0.2, 0.25) is 5.91 Å². The van der Waals surface area contributed by atoms with Crippen LogP contribution in [0.25, 0.3) is 6.08 Å². The Balaban J connectivity index is 1.38. The van der Waals surface area contributed by atoms with E-state index in [9.17, 15) is 9.59 Å². The molecule has 2 aromatic rings. The van der Waals surface area contributed by atoms with Gasteiger partial charge in [-0.05, 0) is 54.7 Å². The Morgan fingerprint density at radius 2 is 1.97 bits per heavy atom. The maximum absolute atomic E-state index is 13.0. The summed E-state index contributed by atoms with van der Waals surface area (Å²) < 4.78 is 5.17. The molecule has 2 fully saturated rings. The smallest absolute Gasteiger partial charge is 0.260 e. The van der Waals surface area contributed by atoms with Crippen LogP contribution in [0.4, 0.5) is 0 Å². The van der Waals surface area contributed by atoms with E-state index in [1.807, 2.05) is 66.6 Å². The topological polar surface area (TPSA) is 58.6 Å². The molecular weight excluding hydrogens is 444 g/mol. The fourth-order valence-electron chi connectivity index (χ4n) is 4.35. The summed E-state index contributed by atoms with van der Waals surface area (Å²) in [4.78, 5) is 28.4. The third kappa shape index (κ3) is 4.97. The fraction of sp³-hybridized carbons (Fsp3) is 0.360. The molecule has 7 heteroatoms. The van der Waals surface area contributed by atoms with Gasteiger partial charge in [-0.25, -0.2) is 0 Å². The molecule has 0 aromatic heterocycles. The Morgan fingerprint density at radius 3 is 2.69 bits per heavy atom. The van der Waals surface area contributed by atoms with Crippen molar-refractivity contribution in [1.29, 1.82) is 0 Å². The first-order chi connectivity index (χ1) is 15.5. The van der Waals surface area contributed by atoms with E-state index in [0.29, 0.717) is 22.9 Å². The van der Waals surface area contributed by atoms with Crippen molar-refractivity contribution in [1.82, 2.24) is 10.2 Å². The van der Waals surface area contributed by atoms with Crippen molar-refractivity contribution in [2.75, 3.05) is 14.2 Å². The molecule has 168 valence electrons. The predicted octanol–water partition coefficient (Wildman–Crippen LogP) is 4.75. The Labute approximate surface area is 198 Å². The second-order valence-electron chi connectivity index (χ2n) is 8.25. The number of nitrogens with one attached hydrogen (secondary N) is 1. The first-order valence-corrected chi connectivity index (χ1v) is 12.0. The highest BCUT2D eigenvalue weighted by Crippen LogP contribution is 2.43. The second kappa shape index (κ2) is 10.0. The van der Waals surface area contributed by atoms with E-state index in [4.69, 9.17) is 16.3 Å². The van der Waals surface area contributed by atoms with E-state index in [0.717, 1.165) is 29.7 Å². The summed E-state index contributed by atoms with van der Waals surface area (Å²) in [5.74, 6) is 0.765. The molecular formula is C25H27ClN2O3S.